The molecule has 6 nitrogen and oxygen atoms in total. The Morgan fingerprint density at radius 2 is 1.96 bits per heavy atom. The van der Waals surface area contributed by atoms with Gasteiger partial charge in [-0.3, -0.25) is 14.7 Å². The average Bonchev–Trinajstić information content (AvgIpc) is 2.94. The molecule has 0 spiro atoms. The molecule has 0 aliphatic carbocycles. The molecule has 0 aliphatic heterocycles. The molecular weight excluding hydrogens is 318 g/mol. The summed E-state index contributed by atoms with van der Waals surface area (Å²) in [6.07, 6.45) is -1.63. The number of likely N-dealkylation sites (N-methyl/N-ethyl adjacent to an activating group) is 1. The maximum atomic E-state index is 12.9. The largest absolute Gasteiger partial charge is 0.319 e. The highest BCUT2D eigenvalue weighted by atomic mass is 19.3. The smallest absolute Gasteiger partial charge is 0.284 e. The molecule has 0 aliphatic rings. The highest BCUT2D eigenvalue weighted by Gasteiger charge is 2.21. The van der Waals surface area contributed by atoms with Gasteiger partial charge in [-0.05, 0) is 37.3 Å². The standard InChI is InChI=1S/C16H16F2N4O2/c1-4-12(23)22(3)11-7-5-10(6-8-11)16(24)19-13-9(2)20-21-14(13)15(17)18/h4-8,15H,1H2,2-3H3,(H,19,24)(H,20,21). The number of aromatic amines is 1. The highest BCUT2D eigenvalue weighted by Crippen LogP contribution is 2.27. The van der Waals surface area contributed by atoms with Gasteiger partial charge in [-0.2, -0.15) is 5.10 Å². The Kier molecular flexibility index (Phi) is 5.08. The number of hydrogen-bond acceptors (Lipinski definition) is 3. The molecule has 8 heteroatoms. The van der Waals surface area contributed by atoms with Crippen molar-refractivity contribution in [2.24, 2.45) is 0 Å². The summed E-state index contributed by atoms with van der Waals surface area (Å²) in [5, 5.41) is 8.33. The predicted molar refractivity (Wildman–Crippen MR) is 86.3 cm³/mol. The summed E-state index contributed by atoms with van der Waals surface area (Å²) in [4.78, 5) is 25.1. The first-order valence-corrected chi connectivity index (χ1v) is 6.99. The first-order valence-electron chi connectivity index (χ1n) is 6.99. The second-order valence-corrected chi connectivity index (χ2v) is 5.01. The van der Waals surface area contributed by atoms with Crippen molar-refractivity contribution < 1.29 is 18.4 Å². The molecule has 0 saturated heterocycles. The topological polar surface area (TPSA) is 78.1 Å². The third kappa shape index (κ3) is 3.48. The van der Waals surface area contributed by atoms with Crippen molar-refractivity contribution in [3.8, 4) is 0 Å². The van der Waals surface area contributed by atoms with Crippen LogP contribution in [0.1, 0.15) is 28.2 Å². The molecule has 0 unspecified atom stereocenters. The fraction of sp³-hybridized carbons (Fsp3) is 0.188. The molecule has 2 amide bonds. The van der Waals surface area contributed by atoms with Gasteiger partial charge in [0.05, 0.1) is 11.4 Å². The van der Waals surface area contributed by atoms with Gasteiger partial charge in [-0.25, -0.2) is 8.78 Å². The van der Waals surface area contributed by atoms with Crippen LogP contribution in [0.3, 0.4) is 0 Å². The predicted octanol–water partition coefficient (Wildman–Crippen LogP) is 3.06. The molecule has 126 valence electrons. The van der Waals surface area contributed by atoms with Crippen LogP contribution in [0.5, 0.6) is 0 Å². The Morgan fingerprint density at radius 3 is 2.50 bits per heavy atom. The van der Waals surface area contributed by atoms with Crippen LogP contribution in [0.15, 0.2) is 36.9 Å². The maximum Gasteiger partial charge on any atom is 0.284 e. The third-order valence-corrected chi connectivity index (χ3v) is 3.44. The van der Waals surface area contributed by atoms with E-state index in [1.54, 1.807) is 19.2 Å². The highest BCUT2D eigenvalue weighted by molar-refractivity contribution is 6.05. The van der Waals surface area contributed by atoms with E-state index in [9.17, 15) is 18.4 Å². The summed E-state index contributed by atoms with van der Waals surface area (Å²) >= 11 is 0. The summed E-state index contributed by atoms with van der Waals surface area (Å²) in [7, 11) is 1.57. The number of amides is 2. The zero-order valence-corrected chi connectivity index (χ0v) is 13.1. The lowest BCUT2D eigenvalue weighted by Gasteiger charge is -2.15. The fourth-order valence-electron chi connectivity index (χ4n) is 2.05. The molecule has 1 heterocycles. The monoisotopic (exact) mass is 334 g/mol. The van der Waals surface area contributed by atoms with Crippen molar-refractivity contribution >= 4 is 23.2 Å². The number of anilines is 2. The van der Waals surface area contributed by atoms with Crippen molar-refractivity contribution in [1.82, 2.24) is 10.2 Å². The number of halogens is 2. The van der Waals surface area contributed by atoms with E-state index in [2.05, 4.69) is 22.1 Å². The van der Waals surface area contributed by atoms with E-state index < -0.39 is 18.0 Å². The minimum absolute atomic E-state index is 0.0296. The minimum atomic E-state index is -2.80. The number of carbonyl (C=O) groups excluding carboxylic acids is 2. The van der Waals surface area contributed by atoms with Crippen molar-refractivity contribution in [2.45, 2.75) is 13.3 Å². The SMILES string of the molecule is C=CC(=O)N(C)c1ccc(C(=O)Nc2c(C(F)F)n[nH]c2C)cc1. The molecule has 24 heavy (non-hydrogen) atoms. The number of benzene rings is 1. The number of H-pyrrole nitrogens is 1. The number of hydrogen-bond donors (Lipinski definition) is 2. The van der Waals surface area contributed by atoms with Gasteiger partial charge in [0.25, 0.3) is 12.3 Å². The summed E-state index contributed by atoms with van der Waals surface area (Å²) in [6.45, 7) is 4.94. The Hall–Kier alpha value is -3.03. The van der Waals surface area contributed by atoms with Crippen molar-refractivity contribution in [1.29, 1.82) is 0 Å². The number of rotatable bonds is 5. The van der Waals surface area contributed by atoms with Crippen LogP contribution < -0.4 is 10.2 Å². The number of aryl methyl sites for hydroxylation is 1. The summed E-state index contributed by atoms with van der Waals surface area (Å²) < 4.78 is 25.7. The molecule has 0 radical (unpaired) electrons. The molecule has 1 aromatic heterocycles. The van der Waals surface area contributed by atoms with Gasteiger partial charge in [-0.15, -0.1) is 0 Å². The number of aromatic nitrogens is 2. The van der Waals surface area contributed by atoms with E-state index in [0.717, 1.165) is 0 Å². The number of nitrogens with one attached hydrogen (secondary N) is 2. The van der Waals surface area contributed by atoms with E-state index in [0.29, 0.717) is 11.4 Å². The number of carbonyl (C=O) groups is 2. The molecule has 0 atom stereocenters. The lowest BCUT2D eigenvalue weighted by atomic mass is 10.1. The molecule has 2 rings (SSSR count). The van der Waals surface area contributed by atoms with Gasteiger partial charge in [-0.1, -0.05) is 6.58 Å². The van der Waals surface area contributed by atoms with E-state index in [1.165, 1.54) is 30.0 Å². The summed E-state index contributed by atoms with van der Waals surface area (Å²) in [6, 6.07) is 6.14. The third-order valence-electron chi connectivity index (χ3n) is 3.44. The Bertz CT molecular complexity index is 769. The quantitative estimate of drug-likeness (QED) is 0.825. The van der Waals surface area contributed by atoms with Gasteiger partial charge >= 0.3 is 0 Å². The molecule has 2 N–H and O–H groups in total. The number of alkyl halides is 2. The van der Waals surface area contributed by atoms with E-state index in [-0.39, 0.29) is 17.2 Å². The second-order valence-electron chi connectivity index (χ2n) is 5.01. The van der Waals surface area contributed by atoms with E-state index in [4.69, 9.17) is 0 Å². The minimum Gasteiger partial charge on any atom is -0.319 e. The van der Waals surface area contributed by atoms with E-state index in [1.807, 2.05) is 0 Å². The normalized spacial score (nSPS) is 10.5. The summed E-state index contributed by atoms with van der Waals surface area (Å²) in [5.41, 5.74) is 0.640. The van der Waals surface area contributed by atoms with Crippen molar-refractivity contribution in [3.63, 3.8) is 0 Å². The van der Waals surface area contributed by atoms with Crippen LogP contribution in [0.2, 0.25) is 0 Å². The maximum absolute atomic E-state index is 12.9. The molecule has 0 saturated carbocycles. The van der Waals surface area contributed by atoms with Gasteiger partial charge in [0.15, 0.2) is 5.69 Å². The van der Waals surface area contributed by atoms with Crippen LogP contribution in [0, 0.1) is 6.92 Å². The first-order chi connectivity index (χ1) is 11.3. The number of nitrogens with zero attached hydrogens (tertiary/aromatic N) is 2. The molecule has 2 aromatic rings. The molecule has 0 fully saturated rings. The van der Waals surface area contributed by atoms with Crippen LogP contribution in [0.4, 0.5) is 20.2 Å². The Morgan fingerprint density at radius 1 is 1.33 bits per heavy atom. The van der Waals surface area contributed by atoms with Crippen molar-refractivity contribution in [3.05, 3.63) is 53.9 Å². The molecule has 0 bridgehead atoms. The first kappa shape index (κ1) is 17.3. The van der Waals surface area contributed by atoms with Crippen molar-refractivity contribution in [2.75, 3.05) is 17.3 Å². The van der Waals surface area contributed by atoms with E-state index >= 15 is 0 Å². The van der Waals surface area contributed by atoms with Crippen LogP contribution in [-0.2, 0) is 4.79 Å². The van der Waals surface area contributed by atoms with Crippen LogP contribution >= 0.6 is 0 Å². The Balaban J connectivity index is 2.18. The van der Waals surface area contributed by atoms with Gasteiger partial charge in [0.1, 0.15) is 0 Å². The average molecular weight is 334 g/mol. The molecule has 1 aromatic carbocycles. The Labute approximate surface area is 137 Å². The van der Waals surface area contributed by atoms with Crippen LogP contribution in [0.25, 0.3) is 0 Å². The zero-order valence-electron chi connectivity index (χ0n) is 13.1. The summed E-state index contributed by atoms with van der Waals surface area (Å²) in [5.74, 6) is -0.839. The lowest BCUT2D eigenvalue weighted by molar-refractivity contribution is -0.113. The fourth-order valence-corrected chi connectivity index (χ4v) is 2.05. The zero-order chi connectivity index (χ0) is 17.9. The van der Waals surface area contributed by atoms with Gasteiger partial charge in [0, 0.05) is 18.3 Å². The van der Waals surface area contributed by atoms with Crippen LogP contribution in [-0.4, -0.2) is 29.1 Å². The van der Waals surface area contributed by atoms with Gasteiger partial charge in [0.2, 0.25) is 5.91 Å². The van der Waals surface area contributed by atoms with Gasteiger partial charge < -0.3 is 10.2 Å². The molecular formula is C16H16F2N4O2. The second kappa shape index (κ2) is 7.03. The lowest BCUT2D eigenvalue weighted by Crippen LogP contribution is -2.23.